The highest BCUT2D eigenvalue weighted by molar-refractivity contribution is 5.96. The second-order valence-electron chi connectivity index (χ2n) is 5.24. The molecule has 0 saturated heterocycles. The molecule has 2 amide bonds. The number of nitrogens with one attached hydrogen (secondary N) is 3. The topological polar surface area (TPSA) is 70.2 Å². The van der Waals surface area contributed by atoms with Gasteiger partial charge in [0.15, 0.2) is 0 Å². The number of anilines is 2. The van der Waals surface area contributed by atoms with Crippen LogP contribution in [-0.4, -0.2) is 24.9 Å². The lowest BCUT2D eigenvalue weighted by atomic mass is 10.2. The minimum Gasteiger partial charge on any atom is -0.376 e. The van der Waals surface area contributed by atoms with Crippen molar-refractivity contribution >= 4 is 23.2 Å². The van der Waals surface area contributed by atoms with Crippen molar-refractivity contribution in [3.63, 3.8) is 0 Å². The molecule has 6 heteroatoms. The summed E-state index contributed by atoms with van der Waals surface area (Å²) in [6.45, 7) is 2.68. The van der Waals surface area contributed by atoms with Gasteiger partial charge in [0.05, 0.1) is 6.54 Å². The van der Waals surface area contributed by atoms with Crippen LogP contribution < -0.4 is 16.0 Å². The van der Waals surface area contributed by atoms with E-state index in [0.29, 0.717) is 23.5 Å². The van der Waals surface area contributed by atoms with E-state index in [9.17, 15) is 14.0 Å². The fraction of sp³-hybridized carbons (Fsp3) is 0.222. The summed E-state index contributed by atoms with van der Waals surface area (Å²) in [5.41, 5.74) is 1.81. The van der Waals surface area contributed by atoms with Crippen LogP contribution >= 0.6 is 0 Å². The van der Waals surface area contributed by atoms with E-state index in [1.54, 1.807) is 36.4 Å². The molecule has 2 aromatic rings. The molecule has 0 aromatic heterocycles. The van der Waals surface area contributed by atoms with Crippen LogP contribution in [0.3, 0.4) is 0 Å². The van der Waals surface area contributed by atoms with E-state index in [-0.39, 0.29) is 24.2 Å². The quantitative estimate of drug-likeness (QED) is 0.731. The van der Waals surface area contributed by atoms with Crippen molar-refractivity contribution in [1.29, 1.82) is 0 Å². The second kappa shape index (κ2) is 8.67. The second-order valence-corrected chi connectivity index (χ2v) is 5.24. The Balaban J connectivity index is 1.83. The van der Waals surface area contributed by atoms with Gasteiger partial charge in [-0.3, -0.25) is 9.59 Å². The molecular weight excluding hydrogens is 309 g/mol. The molecule has 0 unspecified atom stereocenters. The number of amides is 2. The fourth-order valence-corrected chi connectivity index (χ4v) is 2.00. The number of hydrogen-bond donors (Lipinski definition) is 3. The molecule has 2 rings (SSSR count). The van der Waals surface area contributed by atoms with E-state index < -0.39 is 0 Å². The van der Waals surface area contributed by atoms with Crippen LogP contribution in [0.15, 0.2) is 48.5 Å². The normalized spacial score (nSPS) is 10.1. The van der Waals surface area contributed by atoms with Crippen molar-refractivity contribution in [2.24, 2.45) is 0 Å². The Labute approximate surface area is 140 Å². The summed E-state index contributed by atoms with van der Waals surface area (Å²) in [4.78, 5) is 23.7. The van der Waals surface area contributed by atoms with E-state index in [4.69, 9.17) is 0 Å². The summed E-state index contributed by atoms with van der Waals surface area (Å²) >= 11 is 0. The van der Waals surface area contributed by atoms with Crippen LogP contribution in [0.4, 0.5) is 15.8 Å². The van der Waals surface area contributed by atoms with Gasteiger partial charge in [-0.05, 0) is 55.0 Å². The number of benzene rings is 2. The van der Waals surface area contributed by atoms with Gasteiger partial charge < -0.3 is 16.0 Å². The number of halogens is 1. The van der Waals surface area contributed by atoms with E-state index in [2.05, 4.69) is 16.0 Å². The van der Waals surface area contributed by atoms with Gasteiger partial charge in [-0.25, -0.2) is 4.39 Å². The Morgan fingerprint density at radius 2 is 1.58 bits per heavy atom. The predicted octanol–water partition coefficient (Wildman–Crippen LogP) is 3.02. The SMILES string of the molecule is CCCNC(=O)c1ccc(NC(=O)CNc2ccc(F)cc2)cc1. The van der Waals surface area contributed by atoms with Crippen molar-refractivity contribution < 1.29 is 14.0 Å². The highest BCUT2D eigenvalue weighted by atomic mass is 19.1. The first kappa shape index (κ1) is 17.5. The summed E-state index contributed by atoms with van der Waals surface area (Å²) in [6, 6.07) is 12.4. The molecule has 0 atom stereocenters. The average molecular weight is 329 g/mol. The zero-order chi connectivity index (χ0) is 17.4. The molecule has 0 saturated carbocycles. The molecule has 5 nitrogen and oxygen atoms in total. The molecule has 0 spiro atoms. The van der Waals surface area contributed by atoms with E-state index in [1.165, 1.54) is 12.1 Å². The van der Waals surface area contributed by atoms with E-state index in [0.717, 1.165) is 6.42 Å². The third-order valence-corrected chi connectivity index (χ3v) is 3.26. The maximum atomic E-state index is 12.8. The standard InChI is InChI=1S/C18H20FN3O2/c1-2-11-20-18(24)13-3-7-16(8-4-13)22-17(23)12-21-15-9-5-14(19)6-10-15/h3-10,21H,2,11-12H2,1H3,(H,20,24)(H,22,23). The van der Waals surface area contributed by atoms with Crippen LogP contribution in [0.1, 0.15) is 23.7 Å². The fourth-order valence-electron chi connectivity index (χ4n) is 2.00. The zero-order valence-corrected chi connectivity index (χ0v) is 13.4. The first-order valence-electron chi connectivity index (χ1n) is 7.76. The van der Waals surface area contributed by atoms with Crippen molar-refractivity contribution in [3.8, 4) is 0 Å². The van der Waals surface area contributed by atoms with Gasteiger partial charge in [-0.1, -0.05) is 6.92 Å². The van der Waals surface area contributed by atoms with Crippen molar-refractivity contribution in [2.45, 2.75) is 13.3 Å². The smallest absolute Gasteiger partial charge is 0.251 e. The van der Waals surface area contributed by atoms with Crippen LogP contribution in [0, 0.1) is 5.82 Å². The summed E-state index contributed by atoms with van der Waals surface area (Å²) < 4.78 is 12.8. The number of hydrogen-bond acceptors (Lipinski definition) is 3. The van der Waals surface area contributed by atoms with Gasteiger partial charge in [-0.2, -0.15) is 0 Å². The highest BCUT2D eigenvalue weighted by Gasteiger charge is 2.06. The summed E-state index contributed by atoms with van der Waals surface area (Å²) in [5, 5.41) is 8.42. The molecule has 0 aliphatic heterocycles. The minimum absolute atomic E-state index is 0.0599. The summed E-state index contributed by atoms with van der Waals surface area (Å²) in [7, 11) is 0. The molecular formula is C18H20FN3O2. The lowest BCUT2D eigenvalue weighted by molar-refractivity contribution is -0.114. The van der Waals surface area contributed by atoms with Crippen LogP contribution in [-0.2, 0) is 4.79 Å². The van der Waals surface area contributed by atoms with E-state index >= 15 is 0 Å². The van der Waals surface area contributed by atoms with Gasteiger partial charge in [0.2, 0.25) is 5.91 Å². The van der Waals surface area contributed by atoms with Gasteiger partial charge in [0, 0.05) is 23.5 Å². The lowest BCUT2D eigenvalue weighted by Crippen LogP contribution is -2.24. The maximum Gasteiger partial charge on any atom is 0.251 e. The van der Waals surface area contributed by atoms with E-state index in [1.807, 2.05) is 6.92 Å². The first-order chi connectivity index (χ1) is 11.6. The maximum absolute atomic E-state index is 12.8. The zero-order valence-electron chi connectivity index (χ0n) is 13.4. The van der Waals surface area contributed by atoms with Crippen molar-refractivity contribution in [1.82, 2.24) is 5.32 Å². The lowest BCUT2D eigenvalue weighted by Gasteiger charge is -2.09. The van der Waals surface area contributed by atoms with Gasteiger partial charge >= 0.3 is 0 Å². The Bertz CT molecular complexity index is 684. The van der Waals surface area contributed by atoms with Gasteiger partial charge in [0.1, 0.15) is 5.82 Å². The molecule has 0 bridgehead atoms. The van der Waals surface area contributed by atoms with Crippen LogP contribution in [0.2, 0.25) is 0 Å². The summed E-state index contributed by atoms with van der Waals surface area (Å²) in [5.74, 6) is -0.691. The Morgan fingerprint density at radius 1 is 0.958 bits per heavy atom. The number of carbonyl (C=O) groups is 2. The van der Waals surface area contributed by atoms with Crippen molar-refractivity contribution in [3.05, 3.63) is 59.9 Å². The molecule has 0 aliphatic rings. The Morgan fingerprint density at radius 3 is 2.21 bits per heavy atom. The Kier molecular flexibility index (Phi) is 6.31. The molecule has 0 heterocycles. The van der Waals surface area contributed by atoms with Crippen LogP contribution in [0.25, 0.3) is 0 Å². The predicted molar refractivity (Wildman–Crippen MR) is 92.6 cm³/mol. The van der Waals surface area contributed by atoms with Crippen LogP contribution in [0.5, 0.6) is 0 Å². The molecule has 3 N–H and O–H groups in total. The summed E-state index contributed by atoms with van der Waals surface area (Å²) in [6.07, 6.45) is 0.876. The molecule has 24 heavy (non-hydrogen) atoms. The van der Waals surface area contributed by atoms with Gasteiger partial charge in [-0.15, -0.1) is 0 Å². The first-order valence-corrected chi connectivity index (χ1v) is 7.76. The molecule has 0 aliphatic carbocycles. The monoisotopic (exact) mass is 329 g/mol. The largest absolute Gasteiger partial charge is 0.376 e. The highest BCUT2D eigenvalue weighted by Crippen LogP contribution is 2.11. The number of rotatable bonds is 7. The average Bonchev–Trinajstić information content (AvgIpc) is 2.60. The molecule has 0 fully saturated rings. The van der Waals surface area contributed by atoms with Crippen molar-refractivity contribution in [2.75, 3.05) is 23.7 Å². The third-order valence-electron chi connectivity index (χ3n) is 3.26. The third kappa shape index (κ3) is 5.39. The molecule has 126 valence electrons. The Hall–Kier alpha value is -2.89. The van der Waals surface area contributed by atoms with Gasteiger partial charge in [0.25, 0.3) is 5.91 Å². The minimum atomic E-state index is -0.326. The molecule has 2 aromatic carbocycles. The molecule has 0 radical (unpaired) electrons. The number of carbonyl (C=O) groups excluding carboxylic acids is 2.